The number of nitrogens with zero attached hydrogens (tertiary/aromatic N) is 3. The summed E-state index contributed by atoms with van der Waals surface area (Å²) in [4.78, 5) is 67.7. The van der Waals surface area contributed by atoms with Crippen molar-refractivity contribution in [3.05, 3.63) is 54.1 Å². The molecule has 17 heteroatoms. The number of hydrogen-bond acceptors (Lipinski definition) is 12. The van der Waals surface area contributed by atoms with E-state index in [1.54, 1.807) is 19.1 Å². The van der Waals surface area contributed by atoms with Gasteiger partial charge in [-0.05, 0) is 107 Å². The average Bonchev–Trinajstić information content (AvgIpc) is 4.13. The number of pyridine rings is 1. The van der Waals surface area contributed by atoms with Crippen LogP contribution in [0, 0.1) is 22.2 Å². The summed E-state index contributed by atoms with van der Waals surface area (Å²) < 4.78 is 53.6. The molecule has 9 aliphatic rings. The molecule has 5 saturated carbocycles. The molecule has 8 atom stereocenters. The zero-order valence-corrected chi connectivity index (χ0v) is 41.0. The number of ether oxygens (including phenoxy) is 4. The number of fused-ring (bicyclic) bond motifs is 5. The van der Waals surface area contributed by atoms with E-state index >= 15 is 9.59 Å². The molecule has 1 aromatic heterocycles. The highest BCUT2D eigenvalue weighted by Crippen LogP contribution is 2.76. The van der Waals surface area contributed by atoms with E-state index in [1.165, 1.54) is 4.90 Å². The van der Waals surface area contributed by atoms with E-state index < -0.39 is 73.1 Å². The Morgan fingerprint density at radius 1 is 1.00 bits per heavy atom. The van der Waals surface area contributed by atoms with Gasteiger partial charge in [-0.2, -0.15) is 0 Å². The second kappa shape index (κ2) is 17.2. The molecule has 372 valence electrons. The lowest BCUT2D eigenvalue weighted by Gasteiger charge is -2.42. The highest BCUT2D eigenvalue weighted by molar-refractivity contribution is 7.91. The molecule has 0 radical (unpaired) electrons. The van der Waals surface area contributed by atoms with Crippen LogP contribution >= 0.6 is 0 Å². The molecule has 2 aromatic rings. The van der Waals surface area contributed by atoms with Gasteiger partial charge in [-0.1, -0.05) is 56.9 Å². The molecule has 3 N–H and O–H groups in total. The highest BCUT2D eigenvalue weighted by Gasteiger charge is 2.85. The van der Waals surface area contributed by atoms with Crippen molar-refractivity contribution in [3.63, 3.8) is 0 Å². The van der Waals surface area contributed by atoms with E-state index in [4.69, 9.17) is 23.9 Å². The van der Waals surface area contributed by atoms with Crippen LogP contribution in [0.5, 0.6) is 11.6 Å². The summed E-state index contributed by atoms with van der Waals surface area (Å²) in [5.41, 5.74) is -1.23. The van der Waals surface area contributed by atoms with Crippen LogP contribution in [0.1, 0.15) is 116 Å². The smallest absolute Gasteiger partial charge is 0.408 e. The molecule has 4 amide bonds. The second-order valence-electron chi connectivity index (χ2n) is 22.3. The Bertz CT molecular complexity index is 2590. The van der Waals surface area contributed by atoms with Gasteiger partial charge in [-0.3, -0.25) is 19.1 Å². The highest BCUT2D eigenvalue weighted by atomic mass is 32.2. The SMILES string of the molecule is C=C[C@]12C=C1[C@]2(NC(=O)[C@@H]1C[C@@H]2CN1C(=O)[C@H](C1(C)CCCCC1)NC(=O)O[C@@H]1CC13C[C@H]3CCCCc1c(nc3ccccc3c1OCCCN1CCCOCC1)O2)C(=O)NS(=O)(=O)C1(C)CC1. The molecule has 69 heavy (non-hydrogen) atoms. The first-order valence-electron chi connectivity index (χ1n) is 25.7. The summed E-state index contributed by atoms with van der Waals surface area (Å²) >= 11 is 0. The maximum atomic E-state index is 15.5. The molecular formula is C52H68N6O10S. The van der Waals surface area contributed by atoms with Gasteiger partial charge in [0.1, 0.15) is 30.0 Å². The summed E-state index contributed by atoms with van der Waals surface area (Å²) in [7, 11) is -4.05. The number of benzene rings is 1. The Morgan fingerprint density at radius 2 is 1.81 bits per heavy atom. The van der Waals surface area contributed by atoms with Crippen LogP contribution in [0.4, 0.5) is 4.79 Å². The van der Waals surface area contributed by atoms with Gasteiger partial charge in [0.25, 0.3) is 5.91 Å². The minimum absolute atomic E-state index is 0.00533. The molecule has 1 aromatic carbocycles. The number of amides is 4. The number of alkyl carbamates (subject to hydrolysis) is 1. The van der Waals surface area contributed by atoms with Crippen molar-refractivity contribution in [3.8, 4) is 11.6 Å². The van der Waals surface area contributed by atoms with E-state index in [0.29, 0.717) is 61.6 Å². The fourth-order valence-electron chi connectivity index (χ4n) is 12.6. The molecule has 7 fully saturated rings. The molecule has 3 aliphatic heterocycles. The Labute approximate surface area is 405 Å². The number of sulfonamides is 1. The molecule has 16 nitrogen and oxygen atoms in total. The van der Waals surface area contributed by atoms with Crippen molar-refractivity contribution in [2.24, 2.45) is 22.2 Å². The fourth-order valence-corrected chi connectivity index (χ4v) is 13.9. The Kier molecular flexibility index (Phi) is 11.7. The zero-order chi connectivity index (χ0) is 48.0. The molecule has 11 rings (SSSR count). The zero-order valence-electron chi connectivity index (χ0n) is 40.2. The van der Waals surface area contributed by atoms with Crippen molar-refractivity contribution < 1.29 is 46.5 Å². The van der Waals surface area contributed by atoms with E-state index in [0.717, 1.165) is 114 Å². The number of rotatable bonds is 12. The van der Waals surface area contributed by atoms with Crippen molar-refractivity contribution in [2.45, 2.75) is 151 Å². The van der Waals surface area contributed by atoms with Gasteiger partial charge in [0.15, 0.2) is 5.54 Å². The van der Waals surface area contributed by atoms with Gasteiger partial charge in [-0.15, -0.1) is 6.58 Å². The fraction of sp³-hybridized carbons (Fsp3) is 0.673. The van der Waals surface area contributed by atoms with Crippen molar-refractivity contribution in [1.29, 1.82) is 0 Å². The normalized spacial score (nSPS) is 34.4. The third-order valence-electron chi connectivity index (χ3n) is 17.7. The van der Waals surface area contributed by atoms with E-state index in [2.05, 4.69) is 26.8 Å². The largest absolute Gasteiger partial charge is 0.492 e. The molecule has 1 spiro atoms. The molecule has 2 saturated heterocycles. The Morgan fingerprint density at radius 3 is 2.58 bits per heavy atom. The first-order valence-corrected chi connectivity index (χ1v) is 27.2. The van der Waals surface area contributed by atoms with Crippen LogP contribution in [0.15, 0.2) is 48.6 Å². The maximum absolute atomic E-state index is 15.5. The standard InChI is InChI=1S/C52H68N6O10S/c1-4-51-30-39(51)52(51,46(61)56-69(63,64)49(3)20-21-49)55-43(59)38-28-34-32-58(38)45(60)42(48(2)18-10-5-11-19-48)54-47(62)68-40-31-50(40)29-33(50)14-6-7-16-36-41(35-15-8-9-17-37(35)53-44(36)67-34)66-26-13-23-57-22-12-25-65-27-24-57/h4,8-9,15,17,30,33-34,38,40,42H,1,5-7,10-14,16,18-29,31-32H2,2-3H3,(H,54,62)(H,55,59)(H,56,61)/t33-,34-,38+,40-,42-,50?,51+,52+/m1/s1. The summed E-state index contributed by atoms with van der Waals surface area (Å²) in [6, 6.07) is 5.71. The molecular weight excluding hydrogens is 901 g/mol. The van der Waals surface area contributed by atoms with Gasteiger partial charge < -0.3 is 39.4 Å². The first kappa shape index (κ1) is 46.6. The average molecular weight is 969 g/mol. The van der Waals surface area contributed by atoms with E-state index in [1.807, 2.05) is 31.2 Å². The monoisotopic (exact) mass is 968 g/mol. The predicted octanol–water partition coefficient (Wildman–Crippen LogP) is 5.62. The number of aromatic nitrogens is 1. The van der Waals surface area contributed by atoms with Crippen molar-refractivity contribution >= 4 is 44.7 Å². The van der Waals surface area contributed by atoms with E-state index in [9.17, 15) is 18.0 Å². The van der Waals surface area contributed by atoms with Crippen LogP contribution in [-0.2, 0) is 40.3 Å². The summed E-state index contributed by atoms with van der Waals surface area (Å²) in [6.07, 6.45) is 13.9. The Hall–Kier alpha value is -4.74. The van der Waals surface area contributed by atoms with Gasteiger partial charge in [0.2, 0.25) is 27.7 Å². The molecule has 4 heterocycles. The van der Waals surface area contributed by atoms with Crippen molar-refractivity contribution in [1.82, 2.24) is 30.1 Å². The molecule has 6 aliphatic carbocycles. The van der Waals surface area contributed by atoms with Crippen LogP contribution in [0.25, 0.3) is 10.9 Å². The maximum Gasteiger partial charge on any atom is 0.408 e. The third-order valence-corrected chi connectivity index (χ3v) is 19.9. The number of hydrogen-bond donors (Lipinski definition) is 3. The molecule has 1 unspecified atom stereocenters. The Balaban J connectivity index is 0.932. The van der Waals surface area contributed by atoms with Crippen molar-refractivity contribution in [2.75, 3.05) is 46.0 Å². The van der Waals surface area contributed by atoms with Gasteiger partial charge in [-0.25, -0.2) is 18.2 Å². The lowest BCUT2D eigenvalue weighted by atomic mass is 9.70. The summed E-state index contributed by atoms with van der Waals surface area (Å²) in [6.45, 7) is 12.3. The predicted molar refractivity (Wildman–Crippen MR) is 256 cm³/mol. The van der Waals surface area contributed by atoms with Crippen LogP contribution < -0.4 is 24.8 Å². The van der Waals surface area contributed by atoms with Crippen LogP contribution in [0.2, 0.25) is 0 Å². The first-order chi connectivity index (χ1) is 33.2. The topological polar surface area (TPSA) is 195 Å². The number of para-hydroxylation sites is 1. The second-order valence-corrected chi connectivity index (χ2v) is 24.5. The van der Waals surface area contributed by atoms with Crippen LogP contribution in [0.3, 0.4) is 0 Å². The minimum Gasteiger partial charge on any atom is -0.492 e. The lowest BCUT2D eigenvalue weighted by molar-refractivity contribution is -0.143. The molecule has 2 bridgehead atoms. The van der Waals surface area contributed by atoms with Gasteiger partial charge in [0.05, 0.1) is 41.0 Å². The minimum atomic E-state index is -4.05. The van der Waals surface area contributed by atoms with E-state index in [-0.39, 0.29) is 24.5 Å². The third kappa shape index (κ3) is 8.19. The summed E-state index contributed by atoms with van der Waals surface area (Å²) in [5, 5.41) is 6.89. The van der Waals surface area contributed by atoms with Gasteiger partial charge in [0, 0.05) is 43.5 Å². The lowest BCUT2D eigenvalue weighted by Crippen LogP contribution is -2.62. The number of carbonyl (C=O) groups is 4. The van der Waals surface area contributed by atoms with Crippen LogP contribution in [-0.4, -0.2) is 128 Å². The number of carbonyl (C=O) groups excluding carboxylic acids is 4. The quantitative estimate of drug-likeness (QED) is 0.176. The summed E-state index contributed by atoms with van der Waals surface area (Å²) in [5.74, 6) is -0.342. The van der Waals surface area contributed by atoms with Gasteiger partial charge >= 0.3 is 6.09 Å². The number of nitrogens with one attached hydrogen (secondary N) is 3.